The molecule has 1 aromatic carbocycles. The molecule has 1 heterocycles. The van der Waals surface area contributed by atoms with Crippen molar-refractivity contribution in [2.75, 3.05) is 13.7 Å². The number of benzene rings is 1. The molecule has 1 saturated heterocycles. The van der Waals surface area contributed by atoms with Crippen molar-refractivity contribution in [3.05, 3.63) is 23.8 Å². The van der Waals surface area contributed by atoms with Crippen LogP contribution in [-0.4, -0.2) is 29.5 Å². The van der Waals surface area contributed by atoms with Gasteiger partial charge in [-0.2, -0.15) is 0 Å². The summed E-state index contributed by atoms with van der Waals surface area (Å²) >= 11 is 0. The van der Waals surface area contributed by atoms with Crippen LogP contribution in [0.3, 0.4) is 0 Å². The molecule has 0 radical (unpaired) electrons. The van der Waals surface area contributed by atoms with Crippen LogP contribution in [0.25, 0.3) is 0 Å². The molecule has 0 amide bonds. The zero-order chi connectivity index (χ0) is 14.2. The van der Waals surface area contributed by atoms with Gasteiger partial charge in [-0.1, -0.05) is 18.9 Å². The van der Waals surface area contributed by atoms with Crippen molar-refractivity contribution in [2.24, 2.45) is 5.92 Å². The van der Waals surface area contributed by atoms with E-state index in [1.807, 2.05) is 12.1 Å². The number of fused-ring (bicyclic) bond motifs is 1. The molecule has 4 nitrogen and oxygen atoms in total. The molecular weight excluding hydrogens is 290 g/mol. The average Bonchev–Trinajstić information content (AvgIpc) is 2.46. The van der Waals surface area contributed by atoms with Crippen LogP contribution in [0.2, 0.25) is 0 Å². The van der Waals surface area contributed by atoms with Gasteiger partial charge in [0.2, 0.25) is 0 Å². The molecule has 2 fully saturated rings. The fourth-order valence-electron chi connectivity index (χ4n) is 3.86. The number of halogens is 1. The lowest BCUT2D eigenvalue weighted by Crippen LogP contribution is -2.53. The first-order valence-electron chi connectivity index (χ1n) is 7.47. The van der Waals surface area contributed by atoms with Gasteiger partial charge in [0.1, 0.15) is 0 Å². The molecular formula is C16H24ClNO3. The Morgan fingerprint density at radius 3 is 2.86 bits per heavy atom. The maximum absolute atomic E-state index is 10.9. The normalized spacial score (nSPS) is 31.9. The predicted molar refractivity (Wildman–Crippen MR) is 84.2 cm³/mol. The quantitative estimate of drug-likeness (QED) is 0.785. The number of aliphatic hydroxyl groups is 1. The van der Waals surface area contributed by atoms with Gasteiger partial charge >= 0.3 is 0 Å². The molecule has 2 unspecified atom stereocenters. The number of methoxy groups -OCH3 is 1. The minimum atomic E-state index is -0.528. The van der Waals surface area contributed by atoms with E-state index < -0.39 is 5.60 Å². The summed E-state index contributed by atoms with van der Waals surface area (Å²) < 4.78 is 5.20. The number of rotatable bonds is 2. The molecule has 1 aromatic rings. The molecule has 0 bridgehead atoms. The van der Waals surface area contributed by atoms with Gasteiger partial charge in [-0.15, -0.1) is 12.4 Å². The van der Waals surface area contributed by atoms with Gasteiger partial charge in [0, 0.05) is 12.0 Å². The van der Waals surface area contributed by atoms with E-state index in [9.17, 15) is 10.2 Å². The van der Waals surface area contributed by atoms with Crippen LogP contribution in [-0.2, 0) is 0 Å². The molecule has 118 valence electrons. The second-order valence-electron chi connectivity index (χ2n) is 6.07. The van der Waals surface area contributed by atoms with Crippen molar-refractivity contribution >= 4 is 12.4 Å². The Bertz CT molecular complexity index is 492. The largest absolute Gasteiger partial charge is 0.504 e. The number of hydrogen-bond acceptors (Lipinski definition) is 4. The van der Waals surface area contributed by atoms with Crippen molar-refractivity contribution in [2.45, 2.75) is 43.7 Å². The molecule has 3 N–H and O–H groups in total. The van der Waals surface area contributed by atoms with E-state index in [1.54, 1.807) is 13.2 Å². The lowest BCUT2D eigenvalue weighted by molar-refractivity contribution is -0.0861. The van der Waals surface area contributed by atoms with E-state index >= 15 is 0 Å². The standard InChI is InChI=1S/C16H23NO3.ClH/c1-20-14-10-11(5-6-13(14)18)15-12-4-2-3-7-16(12,19)8-9-17-15;/h5-6,10,12,15,17-19H,2-4,7-9H2,1H3;1H/t12?,15-,16?;/m0./s1. The first-order chi connectivity index (χ1) is 9.64. The molecule has 21 heavy (non-hydrogen) atoms. The number of aromatic hydroxyl groups is 1. The molecule has 1 saturated carbocycles. The lowest BCUT2D eigenvalue weighted by Gasteiger charge is -2.48. The molecule has 1 aliphatic carbocycles. The van der Waals surface area contributed by atoms with E-state index in [2.05, 4.69) is 5.32 Å². The van der Waals surface area contributed by atoms with Gasteiger partial charge in [-0.25, -0.2) is 0 Å². The SMILES string of the molecule is COc1cc([C@@H]2NCCC3(O)CCCCC23)ccc1O.Cl. The maximum atomic E-state index is 10.9. The van der Waals surface area contributed by atoms with E-state index in [-0.39, 0.29) is 30.1 Å². The highest BCUT2D eigenvalue weighted by molar-refractivity contribution is 5.85. The Morgan fingerprint density at radius 2 is 2.10 bits per heavy atom. The number of phenols is 1. The third kappa shape index (κ3) is 2.98. The van der Waals surface area contributed by atoms with Crippen molar-refractivity contribution in [3.63, 3.8) is 0 Å². The molecule has 5 heteroatoms. The molecule has 1 aliphatic heterocycles. The Morgan fingerprint density at radius 1 is 1.29 bits per heavy atom. The summed E-state index contributed by atoms with van der Waals surface area (Å²) in [6.45, 7) is 0.834. The summed E-state index contributed by atoms with van der Waals surface area (Å²) in [4.78, 5) is 0. The highest BCUT2D eigenvalue weighted by atomic mass is 35.5. The second kappa shape index (κ2) is 6.42. The summed E-state index contributed by atoms with van der Waals surface area (Å²) in [5.41, 5.74) is 0.559. The zero-order valence-corrected chi connectivity index (χ0v) is 13.2. The summed E-state index contributed by atoms with van der Waals surface area (Å²) in [7, 11) is 1.56. The Kier molecular flexibility index (Phi) is 5.02. The molecule has 3 rings (SSSR count). The average molecular weight is 314 g/mol. The van der Waals surface area contributed by atoms with Crippen LogP contribution in [0, 0.1) is 5.92 Å². The number of nitrogens with one attached hydrogen (secondary N) is 1. The van der Waals surface area contributed by atoms with Gasteiger partial charge in [0.25, 0.3) is 0 Å². The third-order valence-corrected chi connectivity index (χ3v) is 4.95. The first-order valence-corrected chi connectivity index (χ1v) is 7.47. The summed E-state index contributed by atoms with van der Waals surface area (Å²) in [5.74, 6) is 0.902. The molecule has 0 spiro atoms. The van der Waals surface area contributed by atoms with Crippen LogP contribution in [0.15, 0.2) is 18.2 Å². The minimum absolute atomic E-state index is 0. The molecule has 2 aliphatic rings. The van der Waals surface area contributed by atoms with Gasteiger partial charge in [-0.05, 0) is 43.5 Å². The maximum Gasteiger partial charge on any atom is 0.160 e. The van der Waals surface area contributed by atoms with E-state index in [0.717, 1.165) is 37.8 Å². The fourth-order valence-corrected chi connectivity index (χ4v) is 3.86. The first kappa shape index (κ1) is 16.4. The topological polar surface area (TPSA) is 61.7 Å². The monoisotopic (exact) mass is 313 g/mol. The van der Waals surface area contributed by atoms with Crippen molar-refractivity contribution in [1.29, 1.82) is 0 Å². The Labute approximate surface area is 131 Å². The van der Waals surface area contributed by atoms with Crippen LogP contribution in [0.5, 0.6) is 11.5 Å². The van der Waals surface area contributed by atoms with Crippen LogP contribution in [0.4, 0.5) is 0 Å². The van der Waals surface area contributed by atoms with E-state index in [0.29, 0.717) is 5.75 Å². The van der Waals surface area contributed by atoms with Crippen molar-refractivity contribution in [3.8, 4) is 11.5 Å². The highest BCUT2D eigenvalue weighted by Crippen LogP contribution is 2.46. The lowest BCUT2D eigenvalue weighted by atomic mass is 9.67. The van der Waals surface area contributed by atoms with Crippen molar-refractivity contribution in [1.82, 2.24) is 5.32 Å². The zero-order valence-electron chi connectivity index (χ0n) is 12.3. The van der Waals surface area contributed by atoms with Crippen molar-refractivity contribution < 1.29 is 14.9 Å². The Balaban J connectivity index is 0.00000161. The molecule has 3 atom stereocenters. The van der Waals surface area contributed by atoms with E-state index in [1.165, 1.54) is 6.42 Å². The van der Waals surface area contributed by atoms with Crippen LogP contribution < -0.4 is 10.1 Å². The summed E-state index contributed by atoms with van der Waals surface area (Å²) in [6.07, 6.45) is 5.10. The number of hydrogen-bond donors (Lipinski definition) is 3. The predicted octanol–water partition coefficient (Wildman–Crippen LogP) is 2.78. The fraction of sp³-hybridized carbons (Fsp3) is 0.625. The second-order valence-corrected chi connectivity index (χ2v) is 6.07. The minimum Gasteiger partial charge on any atom is -0.504 e. The number of piperidine rings is 1. The Hall–Kier alpha value is -0.970. The van der Waals surface area contributed by atoms with Gasteiger partial charge in [0.05, 0.1) is 12.7 Å². The summed E-state index contributed by atoms with van der Waals surface area (Å²) in [6, 6.07) is 5.62. The number of ether oxygens (including phenoxy) is 1. The highest BCUT2D eigenvalue weighted by Gasteiger charge is 2.45. The van der Waals surface area contributed by atoms with Gasteiger partial charge in [-0.3, -0.25) is 0 Å². The van der Waals surface area contributed by atoms with E-state index in [4.69, 9.17) is 4.74 Å². The summed E-state index contributed by atoms with van der Waals surface area (Å²) in [5, 5.41) is 24.1. The molecule has 0 aromatic heterocycles. The van der Waals surface area contributed by atoms with Gasteiger partial charge in [0.15, 0.2) is 11.5 Å². The number of phenolic OH excluding ortho intramolecular Hbond substituents is 1. The van der Waals surface area contributed by atoms with Crippen LogP contribution >= 0.6 is 12.4 Å². The van der Waals surface area contributed by atoms with Gasteiger partial charge < -0.3 is 20.3 Å². The third-order valence-electron chi connectivity index (χ3n) is 4.95. The smallest absolute Gasteiger partial charge is 0.160 e. The van der Waals surface area contributed by atoms with Crippen LogP contribution in [0.1, 0.15) is 43.7 Å².